The molecule has 0 aliphatic carbocycles. The third-order valence-corrected chi connectivity index (χ3v) is 3.41. The summed E-state index contributed by atoms with van der Waals surface area (Å²) < 4.78 is 0. The first-order valence-corrected chi connectivity index (χ1v) is 7.34. The normalized spacial score (nSPS) is 11.0. The molecule has 0 atom stereocenters. The van der Waals surface area contributed by atoms with Gasteiger partial charge in [0.1, 0.15) is 0 Å². The maximum atomic E-state index is 4.39. The molecule has 0 aliphatic heterocycles. The molecule has 0 unspecified atom stereocenters. The Hall–Kier alpha value is -1.67. The van der Waals surface area contributed by atoms with Crippen molar-refractivity contribution >= 4 is 0 Å². The van der Waals surface area contributed by atoms with Gasteiger partial charge in [0.2, 0.25) is 0 Å². The van der Waals surface area contributed by atoms with Crippen LogP contribution in [0.1, 0.15) is 36.2 Å². The van der Waals surface area contributed by atoms with E-state index in [1.54, 1.807) is 0 Å². The molecular formula is C18H24N2. The maximum Gasteiger partial charge on any atom is 0.0570 e. The van der Waals surface area contributed by atoms with Crippen LogP contribution >= 0.6 is 0 Å². The lowest BCUT2D eigenvalue weighted by atomic mass is 10.0. The topological polar surface area (TPSA) is 24.9 Å². The van der Waals surface area contributed by atoms with Gasteiger partial charge in [-0.3, -0.25) is 4.98 Å². The van der Waals surface area contributed by atoms with Gasteiger partial charge in [-0.15, -0.1) is 0 Å². The fourth-order valence-corrected chi connectivity index (χ4v) is 2.29. The van der Waals surface area contributed by atoms with Gasteiger partial charge in [0.15, 0.2) is 0 Å². The van der Waals surface area contributed by atoms with Gasteiger partial charge < -0.3 is 5.32 Å². The molecular weight excluding hydrogens is 244 g/mol. The van der Waals surface area contributed by atoms with Gasteiger partial charge in [0.25, 0.3) is 0 Å². The van der Waals surface area contributed by atoms with Gasteiger partial charge >= 0.3 is 0 Å². The Labute approximate surface area is 122 Å². The average Bonchev–Trinajstić information content (AvgIpc) is 2.42. The van der Waals surface area contributed by atoms with Crippen LogP contribution in [0.3, 0.4) is 0 Å². The van der Waals surface area contributed by atoms with Crippen LogP contribution in [0, 0.1) is 12.8 Å². The molecule has 20 heavy (non-hydrogen) atoms. The van der Waals surface area contributed by atoms with Crippen molar-refractivity contribution in [3.63, 3.8) is 0 Å². The molecule has 0 aliphatic rings. The third-order valence-electron chi connectivity index (χ3n) is 3.41. The Morgan fingerprint density at radius 2 is 1.70 bits per heavy atom. The zero-order chi connectivity index (χ0) is 14.4. The van der Waals surface area contributed by atoms with Crippen molar-refractivity contribution in [3.8, 4) is 0 Å². The number of nitrogens with one attached hydrogen (secondary N) is 1. The predicted molar refractivity (Wildman–Crippen MR) is 84.5 cm³/mol. The molecule has 106 valence electrons. The van der Waals surface area contributed by atoms with Crippen molar-refractivity contribution in [2.45, 2.75) is 40.3 Å². The average molecular weight is 268 g/mol. The summed E-state index contributed by atoms with van der Waals surface area (Å²) in [6.07, 6.45) is 3.01. The summed E-state index contributed by atoms with van der Waals surface area (Å²) in [4.78, 5) is 4.39. The maximum absolute atomic E-state index is 4.39. The summed E-state index contributed by atoms with van der Waals surface area (Å²) >= 11 is 0. The number of pyridine rings is 1. The number of aryl methyl sites for hydroxylation is 1. The van der Waals surface area contributed by atoms with E-state index >= 15 is 0 Å². The van der Waals surface area contributed by atoms with E-state index in [0.29, 0.717) is 5.92 Å². The number of nitrogens with zero attached hydrogens (tertiary/aromatic N) is 1. The largest absolute Gasteiger partial charge is 0.307 e. The van der Waals surface area contributed by atoms with Crippen molar-refractivity contribution in [2.24, 2.45) is 5.92 Å². The van der Waals surface area contributed by atoms with Gasteiger partial charge in [-0.1, -0.05) is 44.2 Å². The Morgan fingerprint density at radius 1 is 1.00 bits per heavy atom. The summed E-state index contributed by atoms with van der Waals surface area (Å²) in [6, 6.07) is 13.0. The summed E-state index contributed by atoms with van der Waals surface area (Å²) in [5, 5.41) is 3.46. The van der Waals surface area contributed by atoms with E-state index in [-0.39, 0.29) is 0 Å². The van der Waals surface area contributed by atoms with Crippen LogP contribution in [0.25, 0.3) is 0 Å². The van der Waals surface area contributed by atoms with Crippen molar-refractivity contribution in [1.29, 1.82) is 0 Å². The van der Waals surface area contributed by atoms with E-state index in [1.807, 2.05) is 12.3 Å². The Morgan fingerprint density at radius 3 is 2.35 bits per heavy atom. The van der Waals surface area contributed by atoms with Gasteiger partial charge in [-0.2, -0.15) is 0 Å². The monoisotopic (exact) mass is 268 g/mol. The van der Waals surface area contributed by atoms with E-state index < -0.39 is 0 Å². The highest BCUT2D eigenvalue weighted by atomic mass is 14.9. The number of benzene rings is 1. The van der Waals surface area contributed by atoms with Gasteiger partial charge in [-0.25, -0.2) is 0 Å². The van der Waals surface area contributed by atoms with Gasteiger partial charge in [0, 0.05) is 19.3 Å². The molecule has 1 N–H and O–H groups in total. The zero-order valence-corrected chi connectivity index (χ0v) is 12.7. The quantitative estimate of drug-likeness (QED) is 0.860. The number of rotatable bonds is 6. The lowest BCUT2D eigenvalue weighted by Gasteiger charge is -2.08. The molecule has 0 spiro atoms. The lowest BCUT2D eigenvalue weighted by molar-refractivity contribution is 0.646. The molecule has 1 aromatic carbocycles. The Balaban J connectivity index is 1.84. The fourth-order valence-electron chi connectivity index (χ4n) is 2.29. The first-order valence-electron chi connectivity index (χ1n) is 7.34. The molecule has 0 fully saturated rings. The highest BCUT2D eigenvalue weighted by Crippen LogP contribution is 2.10. The molecule has 2 aromatic rings. The summed E-state index contributed by atoms with van der Waals surface area (Å²) in [6.45, 7) is 8.32. The third kappa shape index (κ3) is 4.46. The minimum atomic E-state index is 0.714. The van der Waals surface area contributed by atoms with E-state index in [9.17, 15) is 0 Å². The molecule has 0 saturated heterocycles. The van der Waals surface area contributed by atoms with Crippen LogP contribution in [0.5, 0.6) is 0 Å². The predicted octanol–water partition coefficient (Wildman–Crippen LogP) is 3.88. The summed E-state index contributed by atoms with van der Waals surface area (Å²) in [5.41, 5.74) is 5.12. The molecule has 1 heterocycles. The van der Waals surface area contributed by atoms with Crippen molar-refractivity contribution in [1.82, 2.24) is 10.3 Å². The molecule has 2 nitrogen and oxygen atoms in total. The molecule has 0 saturated carbocycles. The second kappa shape index (κ2) is 7.20. The van der Waals surface area contributed by atoms with Crippen molar-refractivity contribution in [3.05, 3.63) is 65.0 Å². The number of hydrogen-bond acceptors (Lipinski definition) is 2. The minimum absolute atomic E-state index is 0.714. The second-order valence-corrected chi connectivity index (χ2v) is 5.79. The highest BCUT2D eigenvalue weighted by Gasteiger charge is 2.00. The van der Waals surface area contributed by atoms with Gasteiger partial charge in [0.05, 0.1) is 5.69 Å². The van der Waals surface area contributed by atoms with Crippen LogP contribution in [0.2, 0.25) is 0 Å². The first-order chi connectivity index (χ1) is 9.65. The molecule has 0 amide bonds. The van der Waals surface area contributed by atoms with Crippen LogP contribution in [-0.2, 0) is 19.5 Å². The van der Waals surface area contributed by atoms with E-state index in [0.717, 1.165) is 25.2 Å². The number of hydrogen-bond donors (Lipinski definition) is 1. The lowest BCUT2D eigenvalue weighted by Crippen LogP contribution is -2.14. The molecule has 2 rings (SSSR count). The van der Waals surface area contributed by atoms with Crippen LogP contribution in [0.4, 0.5) is 0 Å². The SMILES string of the molecule is Cc1cccnc1CNCc1ccc(CC(C)C)cc1. The molecule has 0 bridgehead atoms. The second-order valence-electron chi connectivity index (χ2n) is 5.79. The first kappa shape index (κ1) is 14.7. The van der Waals surface area contributed by atoms with E-state index in [4.69, 9.17) is 0 Å². The Kier molecular flexibility index (Phi) is 5.31. The number of aromatic nitrogens is 1. The van der Waals surface area contributed by atoms with E-state index in [1.165, 1.54) is 16.7 Å². The van der Waals surface area contributed by atoms with Gasteiger partial charge in [-0.05, 0) is 42.0 Å². The zero-order valence-electron chi connectivity index (χ0n) is 12.7. The molecule has 0 radical (unpaired) electrons. The standard InChI is InChI=1S/C18H24N2/c1-14(2)11-16-6-8-17(9-7-16)12-19-13-18-15(3)5-4-10-20-18/h4-10,14,19H,11-13H2,1-3H3. The van der Waals surface area contributed by atoms with Crippen molar-refractivity contribution < 1.29 is 0 Å². The van der Waals surface area contributed by atoms with Crippen LogP contribution in [0.15, 0.2) is 42.6 Å². The minimum Gasteiger partial charge on any atom is -0.307 e. The van der Waals surface area contributed by atoms with E-state index in [2.05, 4.69) is 61.4 Å². The molecule has 2 heteroatoms. The molecule has 1 aromatic heterocycles. The van der Waals surface area contributed by atoms with Crippen LogP contribution < -0.4 is 5.32 Å². The Bertz CT molecular complexity index is 529. The van der Waals surface area contributed by atoms with Crippen LogP contribution in [-0.4, -0.2) is 4.98 Å². The fraction of sp³-hybridized carbons (Fsp3) is 0.389. The summed E-state index contributed by atoms with van der Waals surface area (Å²) in [5.74, 6) is 0.714. The smallest absolute Gasteiger partial charge is 0.0570 e. The summed E-state index contributed by atoms with van der Waals surface area (Å²) in [7, 11) is 0. The highest BCUT2D eigenvalue weighted by molar-refractivity contribution is 5.23. The van der Waals surface area contributed by atoms with Crippen molar-refractivity contribution in [2.75, 3.05) is 0 Å².